The van der Waals surface area contributed by atoms with Gasteiger partial charge in [-0.2, -0.15) is 0 Å². The van der Waals surface area contributed by atoms with Gasteiger partial charge in [-0.1, -0.05) is 19.3 Å². The van der Waals surface area contributed by atoms with Crippen molar-refractivity contribution in [3.05, 3.63) is 0 Å². The Bertz CT molecular complexity index is 404. The van der Waals surface area contributed by atoms with Crippen LogP contribution in [0.3, 0.4) is 0 Å². The van der Waals surface area contributed by atoms with Crippen molar-refractivity contribution >= 4 is 12.2 Å². The Kier molecular flexibility index (Phi) is 6.71. The first-order valence-electron chi connectivity index (χ1n) is 8.46. The third-order valence-corrected chi connectivity index (χ3v) is 3.40. The standard InChI is InChI=1S/C17H32N2O4/c1-16(2,3)22-14(20)18-19(15(21)23-17(4,5)6)12-13-10-8-7-9-11-13/h13H,7-12H2,1-6H3,(H,18,20). The number of amides is 2. The molecule has 2 amide bonds. The van der Waals surface area contributed by atoms with E-state index in [9.17, 15) is 9.59 Å². The number of rotatable bonds is 2. The molecule has 6 nitrogen and oxygen atoms in total. The minimum atomic E-state index is -0.640. The number of ether oxygens (including phenoxy) is 2. The third kappa shape index (κ3) is 8.67. The summed E-state index contributed by atoms with van der Waals surface area (Å²) in [7, 11) is 0. The van der Waals surface area contributed by atoms with Crippen molar-refractivity contribution in [2.75, 3.05) is 6.54 Å². The number of hydrazine groups is 1. The highest BCUT2D eigenvalue weighted by Crippen LogP contribution is 2.24. The zero-order chi connectivity index (χ0) is 17.7. The van der Waals surface area contributed by atoms with Crippen LogP contribution in [0.2, 0.25) is 0 Å². The molecule has 1 rings (SSSR count). The summed E-state index contributed by atoms with van der Waals surface area (Å²) in [4.78, 5) is 24.4. The quantitative estimate of drug-likeness (QED) is 0.770. The lowest BCUT2D eigenvalue weighted by atomic mass is 9.89. The average molecular weight is 328 g/mol. The number of carbonyl (C=O) groups is 2. The van der Waals surface area contributed by atoms with E-state index in [0.29, 0.717) is 12.5 Å². The van der Waals surface area contributed by atoms with Gasteiger partial charge in [0.1, 0.15) is 11.2 Å². The van der Waals surface area contributed by atoms with Crippen LogP contribution in [0.5, 0.6) is 0 Å². The molecule has 0 spiro atoms. The van der Waals surface area contributed by atoms with Crippen LogP contribution in [0, 0.1) is 5.92 Å². The van der Waals surface area contributed by atoms with Crippen molar-refractivity contribution in [3.63, 3.8) is 0 Å². The van der Waals surface area contributed by atoms with Crippen molar-refractivity contribution in [3.8, 4) is 0 Å². The second kappa shape index (κ2) is 7.88. The highest BCUT2D eigenvalue weighted by Gasteiger charge is 2.28. The van der Waals surface area contributed by atoms with Crippen molar-refractivity contribution in [2.24, 2.45) is 5.92 Å². The second-order valence-corrected chi connectivity index (χ2v) is 8.21. The summed E-state index contributed by atoms with van der Waals surface area (Å²) in [6.45, 7) is 11.2. The Hall–Kier alpha value is -1.46. The maximum Gasteiger partial charge on any atom is 0.429 e. The lowest BCUT2D eigenvalue weighted by Gasteiger charge is -2.32. The Morgan fingerprint density at radius 1 is 0.957 bits per heavy atom. The van der Waals surface area contributed by atoms with Gasteiger partial charge in [0.05, 0.1) is 0 Å². The number of hydrogen-bond acceptors (Lipinski definition) is 4. The van der Waals surface area contributed by atoms with E-state index in [-0.39, 0.29) is 0 Å². The van der Waals surface area contributed by atoms with Gasteiger partial charge in [0.2, 0.25) is 0 Å². The fourth-order valence-corrected chi connectivity index (χ4v) is 2.52. The molecule has 1 saturated carbocycles. The van der Waals surface area contributed by atoms with Gasteiger partial charge in [0, 0.05) is 6.54 Å². The molecular formula is C17H32N2O4. The van der Waals surface area contributed by atoms with E-state index in [4.69, 9.17) is 9.47 Å². The fourth-order valence-electron chi connectivity index (χ4n) is 2.52. The maximum absolute atomic E-state index is 12.4. The molecule has 0 aromatic carbocycles. The van der Waals surface area contributed by atoms with Gasteiger partial charge in [-0.05, 0) is 60.3 Å². The molecule has 1 N–H and O–H groups in total. The molecule has 1 fully saturated rings. The first-order chi connectivity index (χ1) is 10.5. The van der Waals surface area contributed by atoms with Crippen molar-refractivity contribution in [1.82, 2.24) is 10.4 Å². The predicted octanol–water partition coefficient (Wildman–Crippen LogP) is 4.24. The molecule has 0 atom stereocenters. The molecule has 0 heterocycles. The fraction of sp³-hybridized carbons (Fsp3) is 0.882. The van der Waals surface area contributed by atoms with Gasteiger partial charge in [-0.3, -0.25) is 0 Å². The highest BCUT2D eigenvalue weighted by molar-refractivity contribution is 5.74. The van der Waals surface area contributed by atoms with Crippen LogP contribution in [0.1, 0.15) is 73.6 Å². The molecule has 0 unspecified atom stereocenters. The van der Waals surface area contributed by atoms with Gasteiger partial charge in [-0.25, -0.2) is 20.0 Å². The van der Waals surface area contributed by atoms with Crippen LogP contribution in [0.4, 0.5) is 9.59 Å². The molecule has 0 saturated heterocycles. The molecule has 0 aromatic rings. The molecular weight excluding hydrogens is 296 g/mol. The summed E-state index contributed by atoms with van der Waals surface area (Å²) in [5.74, 6) is 0.381. The molecule has 0 aromatic heterocycles. The van der Waals surface area contributed by atoms with Gasteiger partial charge in [0.15, 0.2) is 0 Å². The summed E-state index contributed by atoms with van der Waals surface area (Å²) in [6.07, 6.45) is 4.51. The van der Waals surface area contributed by atoms with Crippen LogP contribution < -0.4 is 5.43 Å². The maximum atomic E-state index is 12.4. The monoisotopic (exact) mass is 328 g/mol. The number of carbonyl (C=O) groups excluding carboxylic acids is 2. The average Bonchev–Trinajstić information content (AvgIpc) is 2.34. The zero-order valence-corrected chi connectivity index (χ0v) is 15.4. The summed E-state index contributed by atoms with van der Waals surface area (Å²) >= 11 is 0. The lowest BCUT2D eigenvalue weighted by molar-refractivity contribution is -0.00334. The van der Waals surface area contributed by atoms with E-state index in [1.165, 1.54) is 24.3 Å². The van der Waals surface area contributed by atoms with E-state index in [0.717, 1.165) is 12.8 Å². The van der Waals surface area contributed by atoms with Gasteiger partial charge in [-0.15, -0.1) is 0 Å². The van der Waals surface area contributed by atoms with E-state index < -0.39 is 23.4 Å². The molecule has 23 heavy (non-hydrogen) atoms. The number of nitrogens with zero attached hydrogens (tertiary/aromatic N) is 1. The third-order valence-electron chi connectivity index (χ3n) is 3.40. The van der Waals surface area contributed by atoms with Crippen molar-refractivity contribution < 1.29 is 19.1 Å². The van der Waals surface area contributed by atoms with E-state index in [1.807, 2.05) is 0 Å². The Balaban J connectivity index is 2.70. The highest BCUT2D eigenvalue weighted by atomic mass is 16.6. The second-order valence-electron chi connectivity index (χ2n) is 8.21. The normalized spacial score (nSPS) is 16.6. The first kappa shape index (κ1) is 19.6. The molecule has 134 valence electrons. The lowest BCUT2D eigenvalue weighted by Crippen LogP contribution is -2.51. The Morgan fingerprint density at radius 2 is 1.48 bits per heavy atom. The van der Waals surface area contributed by atoms with Crippen molar-refractivity contribution in [1.29, 1.82) is 0 Å². The summed E-state index contributed by atoms with van der Waals surface area (Å²) in [5.41, 5.74) is 1.31. The minimum Gasteiger partial charge on any atom is -0.443 e. The largest absolute Gasteiger partial charge is 0.443 e. The number of nitrogens with one attached hydrogen (secondary N) is 1. The van der Waals surface area contributed by atoms with Gasteiger partial charge in [0.25, 0.3) is 0 Å². The van der Waals surface area contributed by atoms with Crippen LogP contribution in [0.25, 0.3) is 0 Å². The summed E-state index contributed by atoms with van der Waals surface area (Å²) in [5, 5.41) is 1.26. The van der Waals surface area contributed by atoms with Gasteiger partial charge < -0.3 is 9.47 Å². The molecule has 0 bridgehead atoms. The predicted molar refractivity (Wildman–Crippen MR) is 88.9 cm³/mol. The Labute approximate surface area is 139 Å². The van der Waals surface area contributed by atoms with E-state index in [2.05, 4.69) is 5.43 Å². The topological polar surface area (TPSA) is 67.9 Å². The zero-order valence-electron chi connectivity index (χ0n) is 15.4. The molecule has 6 heteroatoms. The minimum absolute atomic E-state index is 0.381. The van der Waals surface area contributed by atoms with Crippen LogP contribution in [0.15, 0.2) is 0 Å². The Morgan fingerprint density at radius 3 is 1.96 bits per heavy atom. The van der Waals surface area contributed by atoms with Crippen LogP contribution in [-0.4, -0.2) is 34.9 Å². The summed E-state index contributed by atoms with van der Waals surface area (Å²) in [6, 6.07) is 0. The smallest absolute Gasteiger partial charge is 0.429 e. The van der Waals surface area contributed by atoms with E-state index in [1.54, 1.807) is 41.5 Å². The van der Waals surface area contributed by atoms with Crippen LogP contribution >= 0.6 is 0 Å². The molecule has 1 aliphatic carbocycles. The summed E-state index contributed by atoms with van der Waals surface area (Å²) < 4.78 is 10.6. The molecule has 0 aliphatic heterocycles. The molecule has 0 radical (unpaired) electrons. The van der Waals surface area contributed by atoms with E-state index >= 15 is 0 Å². The first-order valence-corrected chi connectivity index (χ1v) is 8.46. The van der Waals surface area contributed by atoms with Gasteiger partial charge >= 0.3 is 12.2 Å². The molecule has 1 aliphatic rings. The number of hydrogen-bond donors (Lipinski definition) is 1. The van der Waals surface area contributed by atoms with Crippen LogP contribution in [-0.2, 0) is 9.47 Å². The van der Waals surface area contributed by atoms with Crippen molar-refractivity contribution in [2.45, 2.75) is 84.8 Å². The SMILES string of the molecule is CC(C)(C)OC(=O)NN(CC1CCCCC1)C(=O)OC(C)(C)C.